The largest absolute Gasteiger partial charge is 0.378 e. The second-order valence-corrected chi connectivity index (χ2v) is 8.96. The molecule has 0 radical (unpaired) electrons. The molecule has 0 aliphatic carbocycles. The minimum absolute atomic E-state index is 0.268. The SMILES string of the molecule is O=S(=O)(c1ccc2ccccc2c1)N1Cc2cnc(N3CCOCC3)nc2C1. The second-order valence-electron chi connectivity index (χ2n) is 7.02. The third-order valence-corrected chi connectivity index (χ3v) is 7.05. The maximum absolute atomic E-state index is 13.2. The molecule has 0 saturated carbocycles. The van der Waals surface area contributed by atoms with Gasteiger partial charge in [-0.3, -0.25) is 0 Å². The summed E-state index contributed by atoms with van der Waals surface area (Å²) in [6, 6.07) is 13.0. The lowest BCUT2D eigenvalue weighted by molar-refractivity contribution is 0.122. The van der Waals surface area contributed by atoms with E-state index in [1.807, 2.05) is 30.3 Å². The first kappa shape index (κ1) is 17.5. The maximum Gasteiger partial charge on any atom is 0.243 e. The Hall–Kier alpha value is -2.55. The molecule has 1 fully saturated rings. The summed E-state index contributed by atoms with van der Waals surface area (Å²) in [5.74, 6) is 0.645. The number of anilines is 1. The molecule has 144 valence electrons. The molecule has 0 bridgehead atoms. The van der Waals surface area contributed by atoms with Crippen LogP contribution in [0.25, 0.3) is 10.8 Å². The monoisotopic (exact) mass is 396 g/mol. The van der Waals surface area contributed by atoms with Crippen LogP contribution in [0.1, 0.15) is 11.3 Å². The molecule has 2 aliphatic rings. The smallest absolute Gasteiger partial charge is 0.243 e. The molecule has 3 heterocycles. The zero-order valence-corrected chi connectivity index (χ0v) is 16.1. The van der Waals surface area contributed by atoms with E-state index in [4.69, 9.17) is 4.74 Å². The highest BCUT2D eigenvalue weighted by Gasteiger charge is 2.32. The minimum atomic E-state index is -3.60. The Kier molecular flexibility index (Phi) is 4.26. The number of ether oxygens (including phenoxy) is 1. The molecule has 0 spiro atoms. The lowest BCUT2D eigenvalue weighted by atomic mass is 10.1. The summed E-state index contributed by atoms with van der Waals surface area (Å²) in [7, 11) is -3.60. The molecule has 1 saturated heterocycles. The molecule has 0 unspecified atom stereocenters. The van der Waals surface area contributed by atoms with Crippen LogP contribution in [-0.2, 0) is 27.8 Å². The predicted octanol–water partition coefficient (Wildman–Crippen LogP) is 2.17. The molecule has 3 aromatic rings. The van der Waals surface area contributed by atoms with Crippen LogP contribution in [0.15, 0.2) is 53.6 Å². The molecule has 2 aliphatic heterocycles. The zero-order chi connectivity index (χ0) is 19.1. The molecule has 28 heavy (non-hydrogen) atoms. The van der Waals surface area contributed by atoms with Crippen molar-refractivity contribution in [3.63, 3.8) is 0 Å². The lowest BCUT2D eigenvalue weighted by Crippen LogP contribution is -2.37. The Bertz CT molecular complexity index is 1140. The van der Waals surface area contributed by atoms with E-state index in [9.17, 15) is 8.42 Å². The summed E-state index contributed by atoms with van der Waals surface area (Å²) >= 11 is 0. The summed E-state index contributed by atoms with van der Waals surface area (Å²) in [6.07, 6.45) is 1.75. The highest BCUT2D eigenvalue weighted by molar-refractivity contribution is 7.89. The summed E-state index contributed by atoms with van der Waals surface area (Å²) in [4.78, 5) is 11.5. The van der Waals surface area contributed by atoms with Gasteiger partial charge >= 0.3 is 0 Å². The quantitative estimate of drug-likeness (QED) is 0.675. The Balaban J connectivity index is 1.42. The standard InChI is InChI=1S/C20H20N4O3S/c25-28(26,18-6-5-15-3-1-2-4-16(15)11-18)24-13-17-12-21-20(22-19(17)14-24)23-7-9-27-10-8-23/h1-6,11-12H,7-10,13-14H2. The van der Waals surface area contributed by atoms with E-state index < -0.39 is 10.0 Å². The van der Waals surface area contributed by atoms with E-state index in [-0.39, 0.29) is 6.54 Å². The molecule has 0 amide bonds. The maximum atomic E-state index is 13.2. The molecular weight excluding hydrogens is 376 g/mol. The van der Waals surface area contributed by atoms with Crippen LogP contribution in [0, 0.1) is 0 Å². The van der Waals surface area contributed by atoms with Gasteiger partial charge in [-0.25, -0.2) is 18.4 Å². The fraction of sp³-hybridized carbons (Fsp3) is 0.300. The molecule has 7 nitrogen and oxygen atoms in total. The fourth-order valence-corrected chi connectivity index (χ4v) is 5.09. The molecule has 5 rings (SSSR count). The molecule has 1 aromatic heterocycles. The van der Waals surface area contributed by atoms with Crippen LogP contribution in [0.4, 0.5) is 5.95 Å². The van der Waals surface area contributed by atoms with Crippen LogP contribution < -0.4 is 4.90 Å². The van der Waals surface area contributed by atoms with Gasteiger partial charge in [0.2, 0.25) is 16.0 Å². The molecule has 8 heteroatoms. The van der Waals surface area contributed by atoms with Crippen molar-refractivity contribution in [2.75, 3.05) is 31.2 Å². The summed E-state index contributed by atoms with van der Waals surface area (Å²) in [5, 5.41) is 1.93. The van der Waals surface area contributed by atoms with Gasteiger partial charge in [0.25, 0.3) is 0 Å². The number of hydrogen-bond acceptors (Lipinski definition) is 6. The highest BCUT2D eigenvalue weighted by Crippen LogP contribution is 2.29. The van der Waals surface area contributed by atoms with Gasteiger partial charge < -0.3 is 9.64 Å². The van der Waals surface area contributed by atoms with E-state index in [1.54, 1.807) is 18.3 Å². The van der Waals surface area contributed by atoms with Crippen LogP contribution in [0.2, 0.25) is 0 Å². The third-order valence-electron chi connectivity index (χ3n) is 5.27. The first-order valence-corrected chi connectivity index (χ1v) is 10.7. The van der Waals surface area contributed by atoms with E-state index in [0.29, 0.717) is 30.6 Å². The molecule has 2 aromatic carbocycles. The number of hydrogen-bond donors (Lipinski definition) is 0. The van der Waals surface area contributed by atoms with Gasteiger partial charge in [-0.2, -0.15) is 4.31 Å². The average Bonchev–Trinajstić information content (AvgIpc) is 3.18. The first-order chi connectivity index (χ1) is 13.6. The topological polar surface area (TPSA) is 75.6 Å². The second kappa shape index (κ2) is 6.80. The van der Waals surface area contributed by atoms with Gasteiger partial charge in [0.05, 0.1) is 30.3 Å². The number of sulfonamides is 1. The number of morpholine rings is 1. The molecular formula is C20H20N4O3S. The van der Waals surface area contributed by atoms with Crippen LogP contribution in [0.5, 0.6) is 0 Å². The van der Waals surface area contributed by atoms with Crippen molar-refractivity contribution in [3.8, 4) is 0 Å². The van der Waals surface area contributed by atoms with Gasteiger partial charge in [-0.15, -0.1) is 0 Å². The summed E-state index contributed by atoms with van der Waals surface area (Å²) < 4.78 is 33.2. The van der Waals surface area contributed by atoms with Crippen molar-refractivity contribution in [2.45, 2.75) is 18.0 Å². The zero-order valence-electron chi connectivity index (χ0n) is 15.3. The third kappa shape index (κ3) is 3.03. The van der Waals surface area contributed by atoms with Gasteiger partial charge in [0.15, 0.2) is 0 Å². The van der Waals surface area contributed by atoms with E-state index in [0.717, 1.165) is 35.1 Å². The highest BCUT2D eigenvalue weighted by atomic mass is 32.2. The average molecular weight is 396 g/mol. The first-order valence-electron chi connectivity index (χ1n) is 9.28. The van der Waals surface area contributed by atoms with Crippen LogP contribution in [-0.4, -0.2) is 49.0 Å². The Morgan fingerprint density at radius 3 is 2.57 bits per heavy atom. The number of benzene rings is 2. The Morgan fingerprint density at radius 2 is 1.75 bits per heavy atom. The van der Waals surface area contributed by atoms with Crippen molar-refractivity contribution in [1.29, 1.82) is 0 Å². The van der Waals surface area contributed by atoms with Crippen molar-refractivity contribution >= 4 is 26.7 Å². The Labute approximate surface area is 163 Å². The minimum Gasteiger partial charge on any atom is -0.378 e. The Morgan fingerprint density at radius 1 is 0.964 bits per heavy atom. The van der Waals surface area contributed by atoms with Crippen molar-refractivity contribution in [1.82, 2.24) is 14.3 Å². The molecule has 0 N–H and O–H groups in total. The summed E-state index contributed by atoms with van der Waals surface area (Å²) in [6.45, 7) is 3.37. The molecule has 0 atom stereocenters. The number of aromatic nitrogens is 2. The lowest BCUT2D eigenvalue weighted by Gasteiger charge is -2.26. The number of rotatable bonds is 3. The van der Waals surface area contributed by atoms with Crippen molar-refractivity contribution in [3.05, 3.63) is 59.9 Å². The van der Waals surface area contributed by atoms with Gasteiger partial charge in [-0.1, -0.05) is 30.3 Å². The van der Waals surface area contributed by atoms with E-state index in [2.05, 4.69) is 14.9 Å². The predicted molar refractivity (Wildman–Crippen MR) is 105 cm³/mol. The van der Waals surface area contributed by atoms with Crippen molar-refractivity contribution in [2.24, 2.45) is 0 Å². The van der Waals surface area contributed by atoms with Gasteiger partial charge in [-0.05, 0) is 22.9 Å². The van der Waals surface area contributed by atoms with Gasteiger partial charge in [0.1, 0.15) is 0 Å². The number of nitrogens with zero attached hydrogens (tertiary/aromatic N) is 4. The van der Waals surface area contributed by atoms with E-state index in [1.165, 1.54) is 4.31 Å². The van der Waals surface area contributed by atoms with Crippen LogP contribution in [0.3, 0.4) is 0 Å². The fourth-order valence-electron chi connectivity index (χ4n) is 3.68. The normalized spacial score (nSPS) is 17.8. The van der Waals surface area contributed by atoms with Crippen LogP contribution >= 0.6 is 0 Å². The summed E-state index contributed by atoms with van der Waals surface area (Å²) in [5.41, 5.74) is 1.64. The number of fused-ring (bicyclic) bond motifs is 2. The van der Waals surface area contributed by atoms with Crippen molar-refractivity contribution < 1.29 is 13.2 Å². The van der Waals surface area contributed by atoms with Gasteiger partial charge in [0, 0.05) is 31.4 Å². The van der Waals surface area contributed by atoms with E-state index >= 15 is 0 Å².